The summed E-state index contributed by atoms with van der Waals surface area (Å²) in [6.45, 7) is 4.15. The highest BCUT2D eigenvalue weighted by Crippen LogP contribution is 2.42. The molecule has 0 bridgehead atoms. The Kier molecular flexibility index (Phi) is 3.69. The van der Waals surface area contributed by atoms with Crippen LogP contribution >= 0.6 is 0 Å². The van der Waals surface area contributed by atoms with Crippen molar-refractivity contribution < 1.29 is 4.79 Å². The molecular weight excluding hydrogens is 272 g/mol. The molecular formula is C19H26N2O. The van der Waals surface area contributed by atoms with Crippen LogP contribution < -0.4 is 5.32 Å². The van der Waals surface area contributed by atoms with Crippen LogP contribution in [-0.4, -0.2) is 29.9 Å². The summed E-state index contributed by atoms with van der Waals surface area (Å²) in [5.74, 6) is 1.10. The fourth-order valence-electron chi connectivity index (χ4n) is 4.06. The van der Waals surface area contributed by atoms with E-state index in [1.165, 1.54) is 36.8 Å². The predicted octanol–water partition coefficient (Wildman–Crippen LogP) is 2.91. The Bertz CT molecular complexity index is 562. The third kappa shape index (κ3) is 2.45. The molecule has 0 aromatic heterocycles. The molecule has 1 aromatic carbocycles. The lowest BCUT2D eigenvalue weighted by atomic mass is 9.84. The normalized spacial score (nSPS) is 26.0. The third-order valence-corrected chi connectivity index (χ3v) is 5.78. The molecule has 4 rings (SSSR count). The van der Waals surface area contributed by atoms with Crippen LogP contribution in [0.4, 0.5) is 0 Å². The van der Waals surface area contributed by atoms with Crippen LogP contribution in [-0.2, 0) is 11.2 Å². The lowest BCUT2D eigenvalue weighted by molar-refractivity contribution is -0.141. The Balaban J connectivity index is 1.61. The molecule has 1 aromatic rings. The topological polar surface area (TPSA) is 32.3 Å². The number of carbonyl (C=O) groups excluding carboxylic acids is 1. The van der Waals surface area contributed by atoms with Crippen LogP contribution in [0.5, 0.6) is 0 Å². The summed E-state index contributed by atoms with van der Waals surface area (Å²) < 4.78 is 0. The van der Waals surface area contributed by atoms with Crippen LogP contribution in [0.2, 0.25) is 0 Å². The Morgan fingerprint density at radius 1 is 1.23 bits per heavy atom. The molecule has 1 saturated heterocycles. The minimum absolute atomic E-state index is 0.163. The van der Waals surface area contributed by atoms with Gasteiger partial charge in [0.25, 0.3) is 0 Å². The molecule has 22 heavy (non-hydrogen) atoms. The molecule has 0 spiro atoms. The highest BCUT2D eigenvalue weighted by atomic mass is 16.2. The van der Waals surface area contributed by atoms with Gasteiger partial charge in [-0.1, -0.05) is 31.2 Å². The summed E-state index contributed by atoms with van der Waals surface area (Å²) in [7, 11) is 0. The van der Waals surface area contributed by atoms with Crippen LogP contribution in [0.1, 0.15) is 49.8 Å². The molecule has 1 heterocycles. The van der Waals surface area contributed by atoms with E-state index in [4.69, 9.17) is 0 Å². The molecule has 118 valence electrons. The summed E-state index contributed by atoms with van der Waals surface area (Å²) >= 11 is 0. The number of rotatable bonds is 4. The van der Waals surface area contributed by atoms with Gasteiger partial charge in [0.1, 0.15) is 0 Å². The van der Waals surface area contributed by atoms with Gasteiger partial charge in [-0.25, -0.2) is 0 Å². The van der Waals surface area contributed by atoms with Gasteiger partial charge in [0.05, 0.1) is 6.04 Å². The Morgan fingerprint density at radius 2 is 2.00 bits per heavy atom. The molecule has 2 fully saturated rings. The van der Waals surface area contributed by atoms with E-state index in [9.17, 15) is 4.79 Å². The lowest BCUT2D eigenvalue weighted by Crippen LogP contribution is -2.51. The van der Waals surface area contributed by atoms with E-state index in [1.54, 1.807) is 0 Å². The van der Waals surface area contributed by atoms with Crippen molar-refractivity contribution >= 4 is 5.91 Å². The number of amides is 1. The molecule has 3 nitrogen and oxygen atoms in total. The van der Waals surface area contributed by atoms with Gasteiger partial charge in [0, 0.05) is 12.0 Å². The van der Waals surface area contributed by atoms with Gasteiger partial charge in [-0.15, -0.1) is 0 Å². The zero-order valence-corrected chi connectivity index (χ0v) is 13.4. The molecule has 1 N–H and O–H groups in total. The van der Waals surface area contributed by atoms with Crippen molar-refractivity contribution in [2.75, 3.05) is 13.1 Å². The first kappa shape index (κ1) is 14.3. The first-order chi connectivity index (χ1) is 10.8. The molecule has 1 amide bonds. The maximum absolute atomic E-state index is 13.2. The second-order valence-electron chi connectivity index (χ2n) is 7.29. The maximum atomic E-state index is 13.2. The van der Waals surface area contributed by atoms with E-state index in [0.29, 0.717) is 23.9 Å². The van der Waals surface area contributed by atoms with Crippen molar-refractivity contribution in [2.45, 2.75) is 51.1 Å². The van der Waals surface area contributed by atoms with E-state index in [-0.39, 0.29) is 5.92 Å². The zero-order chi connectivity index (χ0) is 15.1. The summed E-state index contributed by atoms with van der Waals surface area (Å²) in [6.07, 6.45) is 5.90. The summed E-state index contributed by atoms with van der Waals surface area (Å²) in [5.41, 5.74) is 2.86. The number of nitrogens with zero attached hydrogens (tertiary/aromatic N) is 1. The Morgan fingerprint density at radius 3 is 2.68 bits per heavy atom. The minimum Gasteiger partial charge on any atom is -0.332 e. The van der Waals surface area contributed by atoms with E-state index in [1.807, 2.05) is 0 Å². The third-order valence-electron chi connectivity index (χ3n) is 5.78. The van der Waals surface area contributed by atoms with E-state index >= 15 is 0 Å². The van der Waals surface area contributed by atoms with Crippen molar-refractivity contribution in [2.24, 2.45) is 11.8 Å². The van der Waals surface area contributed by atoms with Gasteiger partial charge in [-0.05, 0) is 62.2 Å². The number of carbonyl (C=O) groups is 1. The van der Waals surface area contributed by atoms with Crippen molar-refractivity contribution in [1.82, 2.24) is 10.2 Å². The first-order valence-corrected chi connectivity index (χ1v) is 8.86. The Hall–Kier alpha value is -1.35. The van der Waals surface area contributed by atoms with Crippen LogP contribution in [0.15, 0.2) is 24.3 Å². The van der Waals surface area contributed by atoms with Crippen molar-refractivity contribution in [3.63, 3.8) is 0 Å². The van der Waals surface area contributed by atoms with Crippen molar-refractivity contribution in [3.05, 3.63) is 35.4 Å². The largest absolute Gasteiger partial charge is 0.332 e. The van der Waals surface area contributed by atoms with Crippen LogP contribution in [0.3, 0.4) is 0 Å². The average molecular weight is 298 g/mol. The molecule has 0 radical (unpaired) electrons. The SMILES string of the molecule is CC(C(=O)N(C1CC1)C1CCCc2ccccc21)C1CNC1. The molecule has 2 atom stereocenters. The fourth-order valence-corrected chi connectivity index (χ4v) is 4.06. The van der Waals surface area contributed by atoms with Gasteiger partial charge < -0.3 is 10.2 Å². The van der Waals surface area contributed by atoms with Gasteiger partial charge in [0.2, 0.25) is 5.91 Å². The summed E-state index contributed by atoms with van der Waals surface area (Å²) in [5, 5.41) is 3.31. The standard InChI is InChI=1S/C19H26N2O/c1-13(15-11-20-12-15)19(22)21(16-9-10-16)18-8-4-6-14-5-2-3-7-17(14)18/h2-3,5,7,13,15-16,18,20H,4,6,8-12H2,1H3. The van der Waals surface area contributed by atoms with E-state index < -0.39 is 0 Å². The second kappa shape index (κ2) is 5.69. The van der Waals surface area contributed by atoms with Gasteiger partial charge in [0.15, 0.2) is 0 Å². The smallest absolute Gasteiger partial charge is 0.226 e. The quantitative estimate of drug-likeness (QED) is 0.927. The lowest BCUT2D eigenvalue weighted by Gasteiger charge is -2.40. The second-order valence-corrected chi connectivity index (χ2v) is 7.29. The van der Waals surface area contributed by atoms with E-state index in [2.05, 4.69) is 41.4 Å². The van der Waals surface area contributed by atoms with Gasteiger partial charge >= 0.3 is 0 Å². The van der Waals surface area contributed by atoms with Crippen molar-refractivity contribution in [3.8, 4) is 0 Å². The number of hydrogen-bond acceptors (Lipinski definition) is 2. The fraction of sp³-hybridized carbons (Fsp3) is 0.632. The number of nitrogens with one attached hydrogen (secondary N) is 1. The maximum Gasteiger partial charge on any atom is 0.226 e. The zero-order valence-electron chi connectivity index (χ0n) is 13.4. The molecule has 3 heteroatoms. The van der Waals surface area contributed by atoms with Gasteiger partial charge in [-0.2, -0.15) is 0 Å². The number of benzene rings is 1. The van der Waals surface area contributed by atoms with Crippen molar-refractivity contribution in [1.29, 1.82) is 0 Å². The monoisotopic (exact) mass is 298 g/mol. The molecule has 2 aliphatic carbocycles. The number of aryl methyl sites for hydroxylation is 1. The first-order valence-electron chi connectivity index (χ1n) is 8.86. The van der Waals surface area contributed by atoms with Crippen LogP contribution in [0.25, 0.3) is 0 Å². The molecule has 1 aliphatic heterocycles. The van der Waals surface area contributed by atoms with E-state index in [0.717, 1.165) is 19.5 Å². The highest BCUT2D eigenvalue weighted by Gasteiger charge is 2.42. The van der Waals surface area contributed by atoms with Gasteiger partial charge in [-0.3, -0.25) is 4.79 Å². The number of fused-ring (bicyclic) bond motifs is 1. The van der Waals surface area contributed by atoms with Crippen LogP contribution in [0, 0.1) is 11.8 Å². The Labute approximate surface area is 133 Å². The number of hydrogen-bond donors (Lipinski definition) is 1. The summed E-state index contributed by atoms with van der Waals surface area (Å²) in [4.78, 5) is 15.4. The minimum atomic E-state index is 0.163. The predicted molar refractivity (Wildman–Crippen MR) is 87.5 cm³/mol. The molecule has 1 saturated carbocycles. The molecule has 3 aliphatic rings. The highest BCUT2D eigenvalue weighted by molar-refractivity contribution is 5.80. The summed E-state index contributed by atoms with van der Waals surface area (Å²) in [6, 6.07) is 9.58. The molecule has 2 unspecified atom stereocenters. The average Bonchev–Trinajstić information content (AvgIpc) is 3.30.